The van der Waals surface area contributed by atoms with E-state index < -0.39 is 0 Å². The molecule has 0 unspecified atom stereocenters. The Labute approximate surface area is 160 Å². The summed E-state index contributed by atoms with van der Waals surface area (Å²) in [7, 11) is 1.62. The number of hydrogen-bond donors (Lipinski definition) is 2. The number of nitrogens with zero attached hydrogens (tertiary/aromatic N) is 1. The molecule has 1 amide bonds. The standard InChI is InChI=1S/C21H19N3O2S/c1-12-4-3-5-14-10-16-17(22)19(27-21(16)24-18(12)14)20(25)23-11-13-6-8-15(26-2)9-7-13/h3-10H,11,22H2,1-2H3,(H,23,25). The number of ether oxygens (including phenoxy) is 1. The number of aryl methyl sites for hydroxylation is 1. The normalized spacial score (nSPS) is 11.0. The third-order valence-corrected chi connectivity index (χ3v) is 5.68. The maximum absolute atomic E-state index is 12.7. The lowest BCUT2D eigenvalue weighted by Gasteiger charge is -2.06. The van der Waals surface area contributed by atoms with Gasteiger partial charge in [0.2, 0.25) is 0 Å². The van der Waals surface area contributed by atoms with Gasteiger partial charge < -0.3 is 15.8 Å². The van der Waals surface area contributed by atoms with Crippen LogP contribution in [-0.2, 0) is 6.54 Å². The Morgan fingerprint density at radius 1 is 1.22 bits per heavy atom. The number of anilines is 1. The van der Waals surface area contributed by atoms with Gasteiger partial charge in [-0.15, -0.1) is 11.3 Å². The molecule has 4 aromatic rings. The SMILES string of the molecule is COc1ccc(CNC(=O)c2sc3nc4c(C)cccc4cc3c2N)cc1. The van der Waals surface area contributed by atoms with Crippen molar-refractivity contribution in [1.82, 2.24) is 10.3 Å². The van der Waals surface area contributed by atoms with E-state index in [1.54, 1.807) is 7.11 Å². The number of fused-ring (bicyclic) bond motifs is 2. The highest BCUT2D eigenvalue weighted by Crippen LogP contribution is 2.35. The van der Waals surface area contributed by atoms with E-state index in [-0.39, 0.29) is 5.91 Å². The quantitative estimate of drug-likeness (QED) is 0.556. The Kier molecular flexibility index (Phi) is 4.41. The summed E-state index contributed by atoms with van der Waals surface area (Å²) in [4.78, 5) is 18.7. The van der Waals surface area contributed by atoms with Gasteiger partial charge in [-0.2, -0.15) is 0 Å². The van der Waals surface area contributed by atoms with Crippen LogP contribution in [0.3, 0.4) is 0 Å². The summed E-state index contributed by atoms with van der Waals surface area (Å²) in [6.45, 7) is 2.45. The first kappa shape index (κ1) is 17.3. The van der Waals surface area contributed by atoms with Gasteiger partial charge in [-0.1, -0.05) is 30.3 Å². The average Bonchev–Trinajstić information content (AvgIpc) is 3.01. The number of nitrogens with one attached hydrogen (secondary N) is 1. The van der Waals surface area contributed by atoms with Crippen LogP contribution in [0.2, 0.25) is 0 Å². The highest BCUT2D eigenvalue weighted by atomic mass is 32.1. The number of para-hydroxylation sites is 1. The molecule has 0 fully saturated rings. The molecule has 0 atom stereocenters. The molecule has 3 N–H and O–H groups in total. The maximum Gasteiger partial charge on any atom is 0.263 e. The number of nitrogens with two attached hydrogens (primary N) is 1. The maximum atomic E-state index is 12.7. The van der Waals surface area contributed by atoms with Crippen LogP contribution < -0.4 is 15.8 Å². The Morgan fingerprint density at radius 2 is 2.00 bits per heavy atom. The highest BCUT2D eigenvalue weighted by molar-refractivity contribution is 7.21. The van der Waals surface area contributed by atoms with Gasteiger partial charge in [0.05, 0.1) is 18.3 Å². The number of amides is 1. The average molecular weight is 377 g/mol. The van der Waals surface area contributed by atoms with Gasteiger partial charge in [0.25, 0.3) is 5.91 Å². The van der Waals surface area contributed by atoms with Crippen molar-refractivity contribution in [2.45, 2.75) is 13.5 Å². The molecule has 0 radical (unpaired) electrons. The van der Waals surface area contributed by atoms with Crippen molar-refractivity contribution in [3.05, 3.63) is 64.5 Å². The van der Waals surface area contributed by atoms with Crippen LogP contribution in [-0.4, -0.2) is 18.0 Å². The molecule has 2 aromatic carbocycles. The van der Waals surface area contributed by atoms with Gasteiger partial charge in [0.15, 0.2) is 0 Å². The van der Waals surface area contributed by atoms with Crippen LogP contribution in [0.1, 0.15) is 20.8 Å². The second kappa shape index (κ2) is 6.89. The second-order valence-corrected chi connectivity index (χ2v) is 7.36. The van der Waals surface area contributed by atoms with Gasteiger partial charge in [0, 0.05) is 17.3 Å². The number of benzene rings is 2. The van der Waals surface area contributed by atoms with E-state index in [9.17, 15) is 4.79 Å². The number of methoxy groups -OCH3 is 1. The fraction of sp³-hybridized carbons (Fsp3) is 0.143. The molecule has 27 heavy (non-hydrogen) atoms. The zero-order valence-electron chi connectivity index (χ0n) is 15.1. The van der Waals surface area contributed by atoms with Gasteiger partial charge in [-0.05, 0) is 36.2 Å². The van der Waals surface area contributed by atoms with Gasteiger partial charge in [0.1, 0.15) is 15.5 Å². The molecule has 6 heteroatoms. The number of pyridine rings is 1. The molecule has 136 valence electrons. The third kappa shape index (κ3) is 3.19. The summed E-state index contributed by atoms with van der Waals surface area (Å²) in [6.07, 6.45) is 0. The first-order valence-corrected chi connectivity index (χ1v) is 9.38. The van der Waals surface area contributed by atoms with Crippen molar-refractivity contribution in [2.75, 3.05) is 12.8 Å². The summed E-state index contributed by atoms with van der Waals surface area (Å²) < 4.78 is 5.15. The predicted octanol–water partition coefficient (Wildman–Crippen LogP) is 4.28. The number of hydrogen-bond acceptors (Lipinski definition) is 5. The topological polar surface area (TPSA) is 77.2 Å². The number of thiophene rings is 1. The molecule has 0 aliphatic heterocycles. The summed E-state index contributed by atoms with van der Waals surface area (Å²) in [6, 6.07) is 15.6. The molecule has 0 saturated carbocycles. The first-order valence-electron chi connectivity index (χ1n) is 8.56. The number of nitrogen functional groups attached to an aromatic ring is 1. The van der Waals surface area contributed by atoms with Crippen molar-refractivity contribution in [3.63, 3.8) is 0 Å². The molecule has 5 nitrogen and oxygen atoms in total. The molecule has 0 bridgehead atoms. The van der Waals surface area contributed by atoms with Gasteiger partial charge >= 0.3 is 0 Å². The van der Waals surface area contributed by atoms with E-state index in [1.165, 1.54) is 11.3 Å². The molecular formula is C21H19N3O2S. The number of aromatic nitrogens is 1. The van der Waals surface area contributed by atoms with E-state index >= 15 is 0 Å². The third-order valence-electron chi connectivity index (χ3n) is 4.56. The summed E-state index contributed by atoms with van der Waals surface area (Å²) in [5.74, 6) is 0.597. The Morgan fingerprint density at radius 3 is 2.74 bits per heavy atom. The Bertz CT molecular complexity index is 1150. The molecule has 0 spiro atoms. The zero-order valence-corrected chi connectivity index (χ0v) is 15.9. The van der Waals surface area contributed by atoms with Gasteiger partial charge in [-0.25, -0.2) is 4.98 Å². The second-order valence-electron chi connectivity index (χ2n) is 6.36. The first-order chi connectivity index (χ1) is 13.1. The van der Waals surface area contributed by atoms with Crippen LogP contribution in [0, 0.1) is 6.92 Å². The largest absolute Gasteiger partial charge is 0.497 e. The van der Waals surface area contributed by atoms with E-state index in [2.05, 4.69) is 5.32 Å². The molecule has 2 aromatic heterocycles. The summed E-state index contributed by atoms with van der Waals surface area (Å²) in [5.41, 5.74) is 9.79. The molecule has 0 aliphatic rings. The fourth-order valence-electron chi connectivity index (χ4n) is 3.05. The predicted molar refractivity (Wildman–Crippen MR) is 110 cm³/mol. The number of carbonyl (C=O) groups is 1. The van der Waals surface area contributed by atoms with Crippen molar-refractivity contribution in [3.8, 4) is 5.75 Å². The van der Waals surface area contributed by atoms with Crippen LogP contribution in [0.25, 0.3) is 21.1 Å². The molecule has 0 aliphatic carbocycles. The van der Waals surface area contributed by atoms with Crippen LogP contribution in [0.4, 0.5) is 5.69 Å². The van der Waals surface area contributed by atoms with E-state index in [0.29, 0.717) is 17.1 Å². The summed E-state index contributed by atoms with van der Waals surface area (Å²) in [5, 5.41) is 4.78. The highest BCUT2D eigenvalue weighted by Gasteiger charge is 2.18. The minimum absolute atomic E-state index is 0.188. The smallest absolute Gasteiger partial charge is 0.263 e. The minimum Gasteiger partial charge on any atom is -0.497 e. The van der Waals surface area contributed by atoms with Crippen LogP contribution >= 0.6 is 11.3 Å². The lowest BCUT2D eigenvalue weighted by atomic mass is 10.1. The lowest BCUT2D eigenvalue weighted by molar-refractivity contribution is 0.0956. The minimum atomic E-state index is -0.188. The van der Waals surface area contributed by atoms with Crippen molar-refractivity contribution < 1.29 is 9.53 Å². The molecule has 2 heterocycles. The Balaban J connectivity index is 1.62. The van der Waals surface area contributed by atoms with Crippen molar-refractivity contribution in [1.29, 1.82) is 0 Å². The van der Waals surface area contributed by atoms with E-state index in [1.807, 2.05) is 55.5 Å². The molecule has 4 rings (SSSR count). The molecule has 0 saturated heterocycles. The molecular weight excluding hydrogens is 358 g/mol. The van der Waals surface area contributed by atoms with Crippen molar-refractivity contribution in [2.24, 2.45) is 0 Å². The van der Waals surface area contributed by atoms with Crippen molar-refractivity contribution >= 4 is 44.1 Å². The van der Waals surface area contributed by atoms with E-state index in [0.717, 1.165) is 38.0 Å². The van der Waals surface area contributed by atoms with Crippen LogP contribution in [0.15, 0.2) is 48.5 Å². The number of carbonyl (C=O) groups excluding carboxylic acids is 1. The number of rotatable bonds is 4. The monoisotopic (exact) mass is 377 g/mol. The van der Waals surface area contributed by atoms with Gasteiger partial charge in [-0.3, -0.25) is 4.79 Å². The fourth-order valence-corrected chi connectivity index (χ4v) is 4.04. The Hall–Kier alpha value is -3.12. The van der Waals surface area contributed by atoms with Crippen LogP contribution in [0.5, 0.6) is 5.75 Å². The zero-order chi connectivity index (χ0) is 19.0. The lowest BCUT2D eigenvalue weighted by Crippen LogP contribution is -2.22. The summed E-state index contributed by atoms with van der Waals surface area (Å²) >= 11 is 1.33. The van der Waals surface area contributed by atoms with E-state index in [4.69, 9.17) is 15.5 Å².